The van der Waals surface area contributed by atoms with Gasteiger partial charge in [-0.15, -0.1) is 0 Å². The van der Waals surface area contributed by atoms with Crippen molar-refractivity contribution >= 4 is 19.9 Å². The van der Waals surface area contributed by atoms with Crippen LogP contribution in [0.3, 0.4) is 0 Å². The topological polar surface area (TPSA) is 93.2 Å². The van der Waals surface area contributed by atoms with Gasteiger partial charge in [0.05, 0.1) is 4.90 Å². The van der Waals surface area contributed by atoms with Gasteiger partial charge in [-0.2, -0.15) is 26.3 Å². The van der Waals surface area contributed by atoms with Crippen LogP contribution < -0.4 is 4.72 Å². The lowest BCUT2D eigenvalue weighted by Gasteiger charge is -2.40. The molecule has 35 heavy (non-hydrogen) atoms. The summed E-state index contributed by atoms with van der Waals surface area (Å²) >= 11 is 0. The standard InChI is InChI=1S/C19H16F8N2O4S2/c20-11-1-3-15(21)14(9-11)17(7-5-12(6-8-17)29-35(32,33)19(25,26)27)34(30,31)13-2-4-16(28-10-13)18(22,23)24/h1-4,9-10,12,29H,5-8H2. The summed E-state index contributed by atoms with van der Waals surface area (Å²) < 4.78 is 154. The summed E-state index contributed by atoms with van der Waals surface area (Å²) in [5.41, 5.74) is -7.73. The van der Waals surface area contributed by atoms with E-state index in [0.29, 0.717) is 36.5 Å². The normalized spacial score (nSPS) is 22.2. The molecule has 6 nitrogen and oxygen atoms in total. The molecule has 1 aromatic heterocycles. The van der Waals surface area contributed by atoms with Gasteiger partial charge in [-0.05, 0) is 56.0 Å². The van der Waals surface area contributed by atoms with Crippen molar-refractivity contribution < 1.29 is 52.0 Å². The Morgan fingerprint density at radius 3 is 2.00 bits per heavy atom. The van der Waals surface area contributed by atoms with E-state index < -0.39 is 95.8 Å². The van der Waals surface area contributed by atoms with E-state index in [-0.39, 0.29) is 0 Å². The van der Waals surface area contributed by atoms with Gasteiger partial charge in [0.2, 0.25) is 0 Å². The highest BCUT2D eigenvalue weighted by molar-refractivity contribution is 7.92. The highest BCUT2D eigenvalue weighted by Crippen LogP contribution is 2.48. The van der Waals surface area contributed by atoms with E-state index in [2.05, 4.69) is 4.98 Å². The fraction of sp³-hybridized carbons (Fsp3) is 0.421. The Morgan fingerprint density at radius 1 is 0.914 bits per heavy atom. The van der Waals surface area contributed by atoms with Crippen LogP contribution in [-0.2, 0) is 30.8 Å². The number of pyridine rings is 1. The third-order valence-corrected chi connectivity index (χ3v) is 9.46. The smallest absolute Gasteiger partial charge is 0.250 e. The fourth-order valence-corrected chi connectivity index (χ4v) is 6.87. The summed E-state index contributed by atoms with van der Waals surface area (Å²) in [6, 6.07) is 1.49. The van der Waals surface area contributed by atoms with Crippen LogP contribution >= 0.6 is 0 Å². The zero-order valence-electron chi connectivity index (χ0n) is 17.3. The van der Waals surface area contributed by atoms with Crippen LogP contribution in [0, 0.1) is 11.6 Å². The summed E-state index contributed by atoms with van der Waals surface area (Å²) in [6.07, 6.45) is -6.88. The largest absolute Gasteiger partial charge is 0.511 e. The van der Waals surface area contributed by atoms with Gasteiger partial charge in [0.1, 0.15) is 22.1 Å². The Morgan fingerprint density at radius 2 is 1.51 bits per heavy atom. The number of hydrogen-bond acceptors (Lipinski definition) is 5. The molecule has 0 bridgehead atoms. The van der Waals surface area contributed by atoms with E-state index in [1.54, 1.807) is 0 Å². The van der Waals surface area contributed by atoms with E-state index in [0.717, 1.165) is 0 Å². The summed E-state index contributed by atoms with van der Waals surface area (Å²) in [5.74, 6) is -2.22. The predicted octanol–water partition coefficient (Wildman–Crippen LogP) is 4.43. The number of sulfonamides is 1. The van der Waals surface area contributed by atoms with Crippen LogP contribution in [0.25, 0.3) is 0 Å². The molecule has 0 atom stereocenters. The molecule has 1 aliphatic carbocycles. The Kier molecular flexibility index (Phi) is 6.98. The molecule has 0 spiro atoms. The lowest BCUT2D eigenvalue weighted by molar-refractivity contribution is -0.141. The van der Waals surface area contributed by atoms with Crippen LogP contribution in [0.2, 0.25) is 0 Å². The number of nitrogens with one attached hydrogen (secondary N) is 1. The summed E-state index contributed by atoms with van der Waals surface area (Å²) in [6.45, 7) is 0. The van der Waals surface area contributed by atoms with Crippen molar-refractivity contribution in [1.82, 2.24) is 9.71 Å². The third kappa shape index (κ3) is 5.14. The highest BCUT2D eigenvalue weighted by Gasteiger charge is 2.52. The molecule has 0 radical (unpaired) electrons. The van der Waals surface area contributed by atoms with E-state index in [1.807, 2.05) is 0 Å². The van der Waals surface area contributed by atoms with Crippen LogP contribution in [0.15, 0.2) is 41.4 Å². The first-order valence-electron chi connectivity index (χ1n) is 9.73. The minimum Gasteiger partial charge on any atom is -0.250 e. The molecule has 0 aliphatic heterocycles. The summed E-state index contributed by atoms with van der Waals surface area (Å²) in [5, 5.41) is 0. The fourth-order valence-electron chi connectivity index (χ4n) is 3.95. The first-order chi connectivity index (χ1) is 15.9. The van der Waals surface area contributed by atoms with Gasteiger partial charge in [-0.1, -0.05) is 0 Å². The Hall–Kier alpha value is -2.33. The minimum atomic E-state index is -5.77. The number of halogens is 8. The number of alkyl halides is 6. The Labute approximate surface area is 194 Å². The van der Waals surface area contributed by atoms with Gasteiger partial charge in [0.25, 0.3) is 0 Å². The van der Waals surface area contributed by atoms with Crippen molar-refractivity contribution in [3.05, 3.63) is 59.4 Å². The molecule has 1 N–H and O–H groups in total. The molecule has 0 saturated heterocycles. The second kappa shape index (κ2) is 8.96. The molecule has 3 rings (SSSR count). The van der Waals surface area contributed by atoms with E-state index in [4.69, 9.17) is 0 Å². The zero-order valence-corrected chi connectivity index (χ0v) is 18.9. The van der Waals surface area contributed by atoms with Crippen molar-refractivity contribution in [3.63, 3.8) is 0 Å². The molecular formula is C19H16F8N2O4S2. The molecule has 0 amide bonds. The molecule has 1 saturated carbocycles. The second-order valence-electron chi connectivity index (χ2n) is 7.84. The number of hydrogen-bond donors (Lipinski definition) is 1. The first kappa shape index (κ1) is 27.3. The lowest BCUT2D eigenvalue weighted by atomic mass is 9.80. The highest BCUT2D eigenvalue weighted by atomic mass is 32.2. The van der Waals surface area contributed by atoms with E-state index >= 15 is 0 Å². The average Bonchev–Trinajstić information content (AvgIpc) is 2.74. The summed E-state index contributed by atoms with van der Waals surface area (Å²) in [7, 11) is -10.6. The van der Waals surface area contributed by atoms with Crippen molar-refractivity contribution in [1.29, 1.82) is 0 Å². The maximum atomic E-state index is 14.7. The van der Waals surface area contributed by atoms with Gasteiger partial charge >= 0.3 is 21.7 Å². The van der Waals surface area contributed by atoms with Crippen LogP contribution in [0.4, 0.5) is 35.1 Å². The molecule has 1 heterocycles. The van der Waals surface area contributed by atoms with Gasteiger partial charge in [0.15, 0.2) is 9.84 Å². The van der Waals surface area contributed by atoms with Gasteiger partial charge in [-0.25, -0.2) is 30.3 Å². The predicted molar refractivity (Wildman–Crippen MR) is 105 cm³/mol. The number of sulfone groups is 1. The van der Waals surface area contributed by atoms with Gasteiger partial charge in [-0.3, -0.25) is 4.98 Å². The van der Waals surface area contributed by atoms with E-state index in [9.17, 15) is 52.0 Å². The maximum absolute atomic E-state index is 14.7. The molecule has 0 unspecified atom stereocenters. The molecule has 2 aromatic rings. The van der Waals surface area contributed by atoms with Crippen LogP contribution in [0.5, 0.6) is 0 Å². The van der Waals surface area contributed by atoms with Crippen molar-refractivity contribution in [3.8, 4) is 0 Å². The number of benzene rings is 1. The first-order valence-corrected chi connectivity index (χ1v) is 12.7. The quantitative estimate of drug-likeness (QED) is 0.555. The number of nitrogens with zero attached hydrogens (tertiary/aromatic N) is 1. The molecule has 194 valence electrons. The third-order valence-electron chi connectivity index (χ3n) is 5.69. The Bertz CT molecular complexity index is 1300. The maximum Gasteiger partial charge on any atom is 0.511 e. The van der Waals surface area contributed by atoms with Crippen LogP contribution in [-0.4, -0.2) is 33.4 Å². The molecule has 16 heteroatoms. The molecule has 1 aliphatic rings. The van der Waals surface area contributed by atoms with Crippen LogP contribution in [0.1, 0.15) is 36.9 Å². The van der Waals surface area contributed by atoms with Gasteiger partial charge in [0, 0.05) is 17.8 Å². The average molecular weight is 552 g/mol. The molecular weight excluding hydrogens is 536 g/mol. The monoisotopic (exact) mass is 552 g/mol. The Balaban J connectivity index is 2.06. The zero-order chi connectivity index (χ0) is 26.4. The number of aromatic nitrogens is 1. The molecule has 1 fully saturated rings. The SMILES string of the molecule is O=S(=O)(NC1CCC(c2cc(F)ccc2F)(S(=O)(=O)c2ccc(C(F)(F)F)nc2)CC1)C(F)(F)F. The lowest BCUT2D eigenvalue weighted by Crippen LogP contribution is -2.48. The minimum absolute atomic E-state index is 0.381. The van der Waals surface area contributed by atoms with Crippen molar-refractivity contribution in [2.75, 3.05) is 0 Å². The summed E-state index contributed by atoms with van der Waals surface area (Å²) in [4.78, 5) is 2.32. The molecule has 1 aromatic carbocycles. The second-order valence-corrected chi connectivity index (χ2v) is 11.8. The van der Waals surface area contributed by atoms with Crippen molar-refractivity contribution in [2.45, 2.75) is 53.1 Å². The van der Waals surface area contributed by atoms with Crippen molar-refractivity contribution in [2.24, 2.45) is 0 Å². The van der Waals surface area contributed by atoms with E-state index in [1.165, 1.54) is 4.72 Å². The number of rotatable bonds is 5. The van der Waals surface area contributed by atoms with Gasteiger partial charge < -0.3 is 0 Å².